The first-order valence-corrected chi connectivity index (χ1v) is 14.6. The molecule has 0 radical (unpaired) electrons. The Morgan fingerprint density at radius 1 is 0.853 bits per heavy atom. The minimum absolute atomic E-state index is 0.375. The van der Waals surface area contributed by atoms with E-state index in [1.165, 1.54) is 77.0 Å². The average molecular weight is 480 g/mol. The molecule has 0 aromatic carbocycles. The van der Waals surface area contributed by atoms with Crippen LogP contribution >= 0.6 is 0 Å². The van der Waals surface area contributed by atoms with Gasteiger partial charge in [-0.25, -0.2) is 0 Å². The van der Waals surface area contributed by atoms with Crippen LogP contribution in [-0.4, -0.2) is 28.8 Å². The van der Waals surface area contributed by atoms with Crippen molar-refractivity contribution in [2.75, 3.05) is 6.54 Å². The maximum atomic E-state index is 11.2. The van der Waals surface area contributed by atoms with Crippen LogP contribution < -0.4 is 5.73 Å². The molecule has 0 spiro atoms. The lowest BCUT2D eigenvalue weighted by molar-refractivity contribution is -0.142. The lowest BCUT2D eigenvalue weighted by Gasteiger charge is -2.34. The SMILES string of the molecule is C=CCC(CCC(O)CCCC(C)CCC(C)CCCCCCCCC1CC(CN)C1)C(=O)O. The van der Waals surface area contributed by atoms with E-state index in [0.717, 1.165) is 43.6 Å². The van der Waals surface area contributed by atoms with Gasteiger partial charge in [-0.15, -0.1) is 6.58 Å². The number of carboxylic acids is 1. The van der Waals surface area contributed by atoms with Crippen molar-refractivity contribution in [1.82, 2.24) is 0 Å². The number of carbonyl (C=O) groups is 1. The summed E-state index contributed by atoms with van der Waals surface area (Å²) in [6, 6.07) is 0. The monoisotopic (exact) mass is 479 g/mol. The number of rotatable bonds is 23. The van der Waals surface area contributed by atoms with Gasteiger partial charge >= 0.3 is 5.97 Å². The Labute approximate surface area is 211 Å². The molecule has 1 aliphatic rings. The minimum atomic E-state index is -0.782. The molecule has 0 aliphatic heterocycles. The molecule has 0 heterocycles. The fraction of sp³-hybridized carbons (Fsp3) is 0.900. The molecule has 34 heavy (non-hydrogen) atoms. The van der Waals surface area contributed by atoms with Gasteiger partial charge in [-0.3, -0.25) is 4.79 Å². The number of nitrogens with two attached hydrogens (primary N) is 1. The van der Waals surface area contributed by atoms with Gasteiger partial charge in [0.15, 0.2) is 0 Å². The van der Waals surface area contributed by atoms with E-state index in [-0.39, 0.29) is 6.10 Å². The molecule has 0 amide bonds. The second kappa shape index (κ2) is 19.3. The Balaban J connectivity index is 1.91. The summed E-state index contributed by atoms with van der Waals surface area (Å²) in [4.78, 5) is 11.2. The number of aliphatic hydroxyl groups is 1. The smallest absolute Gasteiger partial charge is 0.306 e. The third-order valence-corrected chi connectivity index (χ3v) is 8.26. The summed E-state index contributed by atoms with van der Waals surface area (Å²) in [5.74, 6) is 2.16. The normalized spacial score (nSPS) is 21.4. The molecular formula is C30H57NO3. The lowest BCUT2D eigenvalue weighted by Crippen LogP contribution is -2.29. The third-order valence-electron chi connectivity index (χ3n) is 8.26. The minimum Gasteiger partial charge on any atom is -0.481 e. The maximum absolute atomic E-state index is 11.2. The highest BCUT2D eigenvalue weighted by Crippen LogP contribution is 2.36. The number of hydrogen-bond donors (Lipinski definition) is 3. The van der Waals surface area contributed by atoms with Gasteiger partial charge in [0, 0.05) is 0 Å². The predicted octanol–water partition coefficient (Wildman–Crippen LogP) is 7.73. The molecule has 4 unspecified atom stereocenters. The van der Waals surface area contributed by atoms with E-state index in [1.54, 1.807) is 6.08 Å². The van der Waals surface area contributed by atoms with E-state index in [9.17, 15) is 15.0 Å². The van der Waals surface area contributed by atoms with Crippen LogP contribution in [0.4, 0.5) is 0 Å². The molecule has 200 valence electrons. The predicted molar refractivity (Wildman–Crippen MR) is 145 cm³/mol. The molecule has 0 bridgehead atoms. The van der Waals surface area contributed by atoms with Crippen LogP contribution in [0, 0.1) is 29.6 Å². The summed E-state index contributed by atoms with van der Waals surface area (Å²) < 4.78 is 0. The molecule has 1 fully saturated rings. The second-order valence-corrected chi connectivity index (χ2v) is 11.6. The van der Waals surface area contributed by atoms with Crippen molar-refractivity contribution in [2.24, 2.45) is 35.3 Å². The number of aliphatic hydroxyl groups excluding tert-OH is 1. The van der Waals surface area contributed by atoms with E-state index < -0.39 is 11.9 Å². The maximum Gasteiger partial charge on any atom is 0.306 e. The van der Waals surface area contributed by atoms with Gasteiger partial charge in [0.25, 0.3) is 0 Å². The van der Waals surface area contributed by atoms with Crippen LogP contribution in [0.1, 0.15) is 129 Å². The van der Waals surface area contributed by atoms with Gasteiger partial charge in [0.2, 0.25) is 0 Å². The molecule has 4 atom stereocenters. The Morgan fingerprint density at radius 3 is 2.03 bits per heavy atom. The summed E-state index contributed by atoms with van der Waals surface area (Å²) >= 11 is 0. The van der Waals surface area contributed by atoms with Crippen molar-refractivity contribution < 1.29 is 15.0 Å². The topological polar surface area (TPSA) is 83.5 Å². The molecule has 0 saturated heterocycles. The Kier molecular flexibility index (Phi) is 17.7. The number of allylic oxidation sites excluding steroid dienone is 1. The van der Waals surface area contributed by atoms with Crippen LogP contribution in [0.3, 0.4) is 0 Å². The molecule has 0 aromatic heterocycles. The number of aliphatic carboxylic acids is 1. The molecule has 4 N–H and O–H groups in total. The molecule has 4 nitrogen and oxygen atoms in total. The fourth-order valence-electron chi connectivity index (χ4n) is 5.58. The zero-order chi connectivity index (χ0) is 25.2. The number of carboxylic acid groups (broad SMARTS) is 1. The van der Waals surface area contributed by atoms with Crippen LogP contribution in [0.15, 0.2) is 12.7 Å². The molecular weight excluding hydrogens is 422 g/mol. The van der Waals surface area contributed by atoms with Gasteiger partial charge in [0.1, 0.15) is 0 Å². The van der Waals surface area contributed by atoms with Gasteiger partial charge in [0.05, 0.1) is 12.0 Å². The average Bonchev–Trinajstić information content (AvgIpc) is 2.77. The first-order valence-electron chi connectivity index (χ1n) is 14.6. The molecule has 1 saturated carbocycles. The molecule has 0 aromatic rings. The Hall–Kier alpha value is -0.870. The first-order chi connectivity index (χ1) is 16.3. The van der Waals surface area contributed by atoms with Crippen LogP contribution in [-0.2, 0) is 4.79 Å². The van der Waals surface area contributed by atoms with Crippen molar-refractivity contribution in [3.8, 4) is 0 Å². The van der Waals surface area contributed by atoms with Crippen LogP contribution in [0.2, 0.25) is 0 Å². The quantitative estimate of drug-likeness (QED) is 0.103. The van der Waals surface area contributed by atoms with Crippen molar-refractivity contribution >= 4 is 5.97 Å². The zero-order valence-electron chi connectivity index (χ0n) is 22.6. The largest absolute Gasteiger partial charge is 0.481 e. The van der Waals surface area contributed by atoms with Crippen molar-refractivity contribution in [2.45, 2.75) is 136 Å². The number of hydrogen-bond acceptors (Lipinski definition) is 3. The van der Waals surface area contributed by atoms with E-state index >= 15 is 0 Å². The summed E-state index contributed by atoms with van der Waals surface area (Å²) in [7, 11) is 0. The Morgan fingerprint density at radius 2 is 1.44 bits per heavy atom. The van der Waals surface area contributed by atoms with Crippen LogP contribution in [0.5, 0.6) is 0 Å². The van der Waals surface area contributed by atoms with Gasteiger partial charge in [-0.05, 0) is 68.7 Å². The molecule has 4 heteroatoms. The molecule has 1 aliphatic carbocycles. The highest BCUT2D eigenvalue weighted by atomic mass is 16.4. The lowest BCUT2D eigenvalue weighted by atomic mass is 9.72. The van der Waals surface area contributed by atoms with Crippen LogP contribution in [0.25, 0.3) is 0 Å². The Bertz CT molecular complexity index is 517. The number of unbranched alkanes of at least 4 members (excludes halogenated alkanes) is 5. The zero-order valence-corrected chi connectivity index (χ0v) is 22.6. The fourth-order valence-corrected chi connectivity index (χ4v) is 5.58. The van der Waals surface area contributed by atoms with Crippen molar-refractivity contribution in [3.63, 3.8) is 0 Å². The summed E-state index contributed by atoms with van der Waals surface area (Å²) in [5, 5.41) is 19.4. The highest BCUT2D eigenvalue weighted by Gasteiger charge is 2.26. The summed E-state index contributed by atoms with van der Waals surface area (Å²) in [5.41, 5.74) is 5.71. The van der Waals surface area contributed by atoms with Crippen molar-refractivity contribution in [3.05, 3.63) is 12.7 Å². The van der Waals surface area contributed by atoms with E-state index in [2.05, 4.69) is 20.4 Å². The van der Waals surface area contributed by atoms with Crippen molar-refractivity contribution in [1.29, 1.82) is 0 Å². The third kappa shape index (κ3) is 15.2. The second-order valence-electron chi connectivity index (χ2n) is 11.6. The highest BCUT2D eigenvalue weighted by molar-refractivity contribution is 5.70. The van der Waals surface area contributed by atoms with E-state index in [1.807, 2.05) is 0 Å². The summed E-state index contributed by atoms with van der Waals surface area (Å²) in [6.07, 6.45) is 22.5. The summed E-state index contributed by atoms with van der Waals surface area (Å²) in [6.45, 7) is 9.27. The standard InChI is InChI=1S/C30H57NO3/c1-4-12-28(30(33)34)19-20-29(32)16-11-14-25(3)18-17-24(2)13-9-7-5-6-8-10-15-26-21-27(22-26)23-31/h4,24-29,32H,1,5-23,31H2,2-3H3,(H,33,34). The van der Waals surface area contributed by atoms with E-state index in [4.69, 9.17) is 5.73 Å². The van der Waals surface area contributed by atoms with Gasteiger partial charge in [-0.1, -0.05) is 97.0 Å². The first kappa shape index (κ1) is 31.2. The van der Waals surface area contributed by atoms with E-state index in [0.29, 0.717) is 25.2 Å². The van der Waals surface area contributed by atoms with Gasteiger partial charge in [-0.2, -0.15) is 0 Å². The van der Waals surface area contributed by atoms with Gasteiger partial charge < -0.3 is 15.9 Å². The molecule has 1 rings (SSSR count).